The molecule has 0 fully saturated rings. The van der Waals surface area contributed by atoms with Gasteiger partial charge in [0.2, 0.25) is 11.8 Å². The van der Waals surface area contributed by atoms with Gasteiger partial charge >= 0.3 is 0 Å². The first-order valence-electron chi connectivity index (χ1n) is 10.8. The molecule has 0 aliphatic carbocycles. The molecular formula is C24H31N3O5. The van der Waals surface area contributed by atoms with Crippen LogP contribution in [0.1, 0.15) is 44.7 Å². The van der Waals surface area contributed by atoms with Crippen LogP contribution in [0.4, 0.5) is 5.69 Å². The summed E-state index contributed by atoms with van der Waals surface area (Å²) in [4.78, 5) is 38.8. The maximum absolute atomic E-state index is 13.4. The van der Waals surface area contributed by atoms with Gasteiger partial charge in [-0.2, -0.15) is 0 Å². The van der Waals surface area contributed by atoms with Crippen LogP contribution in [0, 0.1) is 10.1 Å². The Labute approximate surface area is 188 Å². The number of rotatable bonds is 11. The van der Waals surface area contributed by atoms with Crippen molar-refractivity contribution in [2.45, 2.75) is 58.7 Å². The van der Waals surface area contributed by atoms with Crippen LogP contribution in [-0.4, -0.2) is 40.8 Å². The highest BCUT2D eigenvalue weighted by Crippen LogP contribution is 2.22. The van der Waals surface area contributed by atoms with Crippen LogP contribution in [0.3, 0.4) is 0 Å². The third kappa shape index (κ3) is 6.54. The van der Waals surface area contributed by atoms with E-state index in [1.54, 1.807) is 31.4 Å². The van der Waals surface area contributed by atoms with Crippen molar-refractivity contribution in [2.75, 3.05) is 7.11 Å². The molecule has 172 valence electrons. The zero-order valence-corrected chi connectivity index (χ0v) is 19.0. The Bertz CT molecular complexity index is 947. The van der Waals surface area contributed by atoms with Gasteiger partial charge in [-0.05, 0) is 37.5 Å². The van der Waals surface area contributed by atoms with Crippen molar-refractivity contribution < 1.29 is 19.2 Å². The Hall–Kier alpha value is -3.42. The molecule has 0 heterocycles. The molecule has 0 unspecified atom stereocenters. The van der Waals surface area contributed by atoms with Crippen LogP contribution in [0.5, 0.6) is 5.75 Å². The van der Waals surface area contributed by atoms with E-state index < -0.39 is 11.0 Å². The second kappa shape index (κ2) is 11.8. The molecule has 0 bridgehead atoms. The SMILES string of the molecule is CC[C@H](C)NC(=O)[C@H](CC)N(Cc1cccc(OC)c1)C(=O)Cc1ccccc1[N+](=O)[O-]. The van der Waals surface area contributed by atoms with E-state index in [1.807, 2.05) is 39.0 Å². The first-order valence-corrected chi connectivity index (χ1v) is 10.8. The van der Waals surface area contributed by atoms with Gasteiger partial charge in [-0.25, -0.2) is 0 Å². The lowest BCUT2D eigenvalue weighted by atomic mass is 10.0. The molecule has 0 spiro atoms. The van der Waals surface area contributed by atoms with E-state index in [4.69, 9.17) is 4.74 Å². The van der Waals surface area contributed by atoms with Crippen LogP contribution in [0.25, 0.3) is 0 Å². The lowest BCUT2D eigenvalue weighted by Crippen LogP contribution is -2.51. The Morgan fingerprint density at radius 2 is 1.84 bits per heavy atom. The number of nitro groups is 1. The van der Waals surface area contributed by atoms with E-state index in [-0.39, 0.29) is 36.5 Å². The summed E-state index contributed by atoms with van der Waals surface area (Å²) >= 11 is 0. The van der Waals surface area contributed by atoms with Crippen molar-refractivity contribution in [3.63, 3.8) is 0 Å². The minimum atomic E-state index is -0.703. The van der Waals surface area contributed by atoms with Gasteiger partial charge in [0.1, 0.15) is 11.8 Å². The number of hydrogen-bond donors (Lipinski definition) is 1. The molecule has 8 nitrogen and oxygen atoms in total. The summed E-state index contributed by atoms with van der Waals surface area (Å²) in [5, 5.41) is 14.3. The van der Waals surface area contributed by atoms with Crippen molar-refractivity contribution in [2.24, 2.45) is 0 Å². The molecule has 0 aliphatic rings. The third-order valence-corrected chi connectivity index (χ3v) is 5.40. The topological polar surface area (TPSA) is 102 Å². The molecule has 32 heavy (non-hydrogen) atoms. The number of benzene rings is 2. The molecule has 0 aliphatic heterocycles. The largest absolute Gasteiger partial charge is 0.497 e. The molecular weight excluding hydrogens is 410 g/mol. The Kier molecular flexibility index (Phi) is 9.19. The minimum absolute atomic E-state index is 0.0273. The van der Waals surface area contributed by atoms with Crippen LogP contribution < -0.4 is 10.1 Å². The number of nitro benzene ring substituents is 1. The number of amides is 2. The number of methoxy groups -OCH3 is 1. The third-order valence-electron chi connectivity index (χ3n) is 5.40. The fraction of sp³-hybridized carbons (Fsp3) is 0.417. The number of hydrogen-bond acceptors (Lipinski definition) is 5. The molecule has 2 rings (SSSR count). The van der Waals surface area contributed by atoms with E-state index in [0.29, 0.717) is 17.7 Å². The van der Waals surface area contributed by atoms with Crippen LogP contribution in [0.15, 0.2) is 48.5 Å². The normalized spacial score (nSPS) is 12.5. The highest BCUT2D eigenvalue weighted by Gasteiger charge is 2.30. The summed E-state index contributed by atoms with van der Waals surface area (Å²) in [6, 6.07) is 12.7. The van der Waals surface area contributed by atoms with E-state index in [1.165, 1.54) is 11.0 Å². The van der Waals surface area contributed by atoms with Crippen LogP contribution in [-0.2, 0) is 22.6 Å². The van der Waals surface area contributed by atoms with E-state index in [0.717, 1.165) is 12.0 Å². The highest BCUT2D eigenvalue weighted by molar-refractivity contribution is 5.89. The number of carbonyl (C=O) groups is 2. The average Bonchev–Trinajstić information content (AvgIpc) is 2.79. The summed E-state index contributed by atoms with van der Waals surface area (Å²) in [7, 11) is 1.56. The Balaban J connectivity index is 2.38. The molecule has 8 heteroatoms. The van der Waals surface area contributed by atoms with Crippen molar-refractivity contribution in [3.8, 4) is 5.75 Å². The van der Waals surface area contributed by atoms with Gasteiger partial charge in [-0.3, -0.25) is 19.7 Å². The standard InChI is InChI=1S/C24H31N3O5/c1-5-17(3)25-24(29)21(6-2)26(16-18-10-9-12-20(14-18)32-4)23(28)15-19-11-7-8-13-22(19)27(30)31/h7-14,17,21H,5-6,15-16H2,1-4H3,(H,25,29)/t17-,21-/m0/s1. The number of carbonyl (C=O) groups excluding carboxylic acids is 2. The minimum Gasteiger partial charge on any atom is -0.497 e. The maximum Gasteiger partial charge on any atom is 0.273 e. The maximum atomic E-state index is 13.4. The van der Waals surface area contributed by atoms with Gasteiger partial charge in [0, 0.05) is 24.2 Å². The van der Waals surface area contributed by atoms with Gasteiger partial charge in [-0.15, -0.1) is 0 Å². The van der Waals surface area contributed by atoms with Crippen LogP contribution in [0.2, 0.25) is 0 Å². The van der Waals surface area contributed by atoms with Crippen molar-refractivity contribution in [1.29, 1.82) is 0 Å². The van der Waals surface area contributed by atoms with E-state index >= 15 is 0 Å². The second-order valence-electron chi connectivity index (χ2n) is 7.68. The molecule has 1 N–H and O–H groups in total. The monoisotopic (exact) mass is 441 g/mol. The van der Waals surface area contributed by atoms with Crippen molar-refractivity contribution >= 4 is 17.5 Å². The zero-order chi connectivity index (χ0) is 23.7. The van der Waals surface area contributed by atoms with Crippen molar-refractivity contribution in [3.05, 3.63) is 69.8 Å². The highest BCUT2D eigenvalue weighted by atomic mass is 16.6. The summed E-state index contributed by atoms with van der Waals surface area (Å²) in [5.41, 5.74) is 1.00. The Morgan fingerprint density at radius 1 is 1.12 bits per heavy atom. The number of nitrogens with zero attached hydrogens (tertiary/aromatic N) is 2. The number of para-hydroxylation sites is 1. The lowest BCUT2D eigenvalue weighted by Gasteiger charge is -2.31. The first kappa shape index (κ1) is 24.8. The van der Waals surface area contributed by atoms with Gasteiger partial charge in [0.05, 0.1) is 18.5 Å². The molecule has 2 amide bonds. The summed E-state index contributed by atoms with van der Waals surface area (Å²) < 4.78 is 5.28. The van der Waals surface area contributed by atoms with Gasteiger partial charge in [0.15, 0.2) is 0 Å². The number of ether oxygens (including phenoxy) is 1. The molecule has 2 atom stereocenters. The summed E-state index contributed by atoms with van der Waals surface area (Å²) in [5.74, 6) is 0.0552. The molecule has 2 aromatic carbocycles. The molecule has 0 saturated carbocycles. The fourth-order valence-electron chi connectivity index (χ4n) is 3.43. The molecule has 0 aromatic heterocycles. The van der Waals surface area contributed by atoms with Gasteiger partial charge in [-0.1, -0.05) is 44.2 Å². The quantitative estimate of drug-likeness (QED) is 0.421. The van der Waals surface area contributed by atoms with E-state index in [2.05, 4.69) is 5.32 Å². The molecule has 2 aromatic rings. The van der Waals surface area contributed by atoms with Gasteiger partial charge < -0.3 is 15.0 Å². The van der Waals surface area contributed by atoms with Crippen LogP contribution >= 0.6 is 0 Å². The van der Waals surface area contributed by atoms with E-state index in [9.17, 15) is 19.7 Å². The van der Waals surface area contributed by atoms with Gasteiger partial charge in [0.25, 0.3) is 5.69 Å². The fourth-order valence-corrected chi connectivity index (χ4v) is 3.43. The zero-order valence-electron chi connectivity index (χ0n) is 19.0. The van der Waals surface area contributed by atoms with Crippen molar-refractivity contribution in [1.82, 2.24) is 10.2 Å². The average molecular weight is 442 g/mol. The number of nitrogens with one attached hydrogen (secondary N) is 1. The molecule has 0 saturated heterocycles. The lowest BCUT2D eigenvalue weighted by molar-refractivity contribution is -0.385. The predicted molar refractivity (Wildman–Crippen MR) is 122 cm³/mol. The first-order chi connectivity index (χ1) is 15.3. The summed E-state index contributed by atoms with van der Waals surface area (Å²) in [6.45, 7) is 5.91. The Morgan fingerprint density at radius 3 is 2.47 bits per heavy atom. The second-order valence-corrected chi connectivity index (χ2v) is 7.68. The smallest absolute Gasteiger partial charge is 0.273 e. The summed E-state index contributed by atoms with van der Waals surface area (Å²) in [6.07, 6.45) is 1.01. The molecule has 0 radical (unpaired) electrons. The predicted octanol–water partition coefficient (Wildman–Crippen LogP) is 3.87.